The van der Waals surface area contributed by atoms with Crippen molar-refractivity contribution < 1.29 is 9.90 Å². The molecule has 0 saturated carbocycles. The van der Waals surface area contributed by atoms with Crippen LogP contribution in [-0.2, 0) is 11.2 Å². The van der Waals surface area contributed by atoms with Gasteiger partial charge in [-0.15, -0.1) is 0 Å². The van der Waals surface area contributed by atoms with Crippen LogP contribution in [0.3, 0.4) is 0 Å². The molecule has 19 heavy (non-hydrogen) atoms. The predicted octanol–water partition coefficient (Wildman–Crippen LogP) is 3.27. The van der Waals surface area contributed by atoms with E-state index < -0.39 is 0 Å². The number of rotatable bonds is 4. The molecule has 0 unspecified atom stereocenters. The second kappa shape index (κ2) is 5.64. The first kappa shape index (κ1) is 15.5. The Balaban J connectivity index is 2.57. The summed E-state index contributed by atoms with van der Waals surface area (Å²) in [6.07, 6.45) is 1.26. The minimum absolute atomic E-state index is 0.0138. The molecule has 0 atom stereocenters. The molecule has 2 N–H and O–H groups in total. The van der Waals surface area contributed by atoms with Crippen molar-refractivity contribution in [1.29, 1.82) is 0 Å². The van der Waals surface area contributed by atoms with Gasteiger partial charge in [-0.1, -0.05) is 32.9 Å². The van der Waals surface area contributed by atoms with Gasteiger partial charge >= 0.3 is 0 Å². The summed E-state index contributed by atoms with van der Waals surface area (Å²) in [5.74, 6) is 0.233. The fourth-order valence-electron chi connectivity index (χ4n) is 2.59. The van der Waals surface area contributed by atoms with Gasteiger partial charge in [0.25, 0.3) is 0 Å². The molecule has 0 radical (unpaired) electrons. The van der Waals surface area contributed by atoms with E-state index in [0.717, 1.165) is 12.0 Å². The van der Waals surface area contributed by atoms with E-state index in [1.54, 1.807) is 24.3 Å². The number of nitrogens with one attached hydrogen (secondary N) is 1. The van der Waals surface area contributed by atoms with Crippen molar-refractivity contribution in [3.05, 3.63) is 29.8 Å². The first-order chi connectivity index (χ1) is 8.57. The number of phenols is 1. The fourth-order valence-corrected chi connectivity index (χ4v) is 2.59. The van der Waals surface area contributed by atoms with Gasteiger partial charge in [-0.05, 0) is 43.4 Å². The number of aromatic hydroxyl groups is 1. The molecular weight excluding hydrogens is 238 g/mol. The highest BCUT2D eigenvalue weighted by Crippen LogP contribution is 2.26. The van der Waals surface area contributed by atoms with Gasteiger partial charge < -0.3 is 10.4 Å². The number of benzene rings is 1. The van der Waals surface area contributed by atoms with Crippen LogP contribution in [0.4, 0.5) is 0 Å². The predicted molar refractivity (Wildman–Crippen MR) is 78.1 cm³/mol. The lowest BCUT2D eigenvalue weighted by Gasteiger charge is -2.33. The van der Waals surface area contributed by atoms with Crippen LogP contribution in [0, 0.1) is 5.41 Å². The zero-order valence-corrected chi connectivity index (χ0v) is 12.6. The third-order valence-corrected chi connectivity index (χ3v) is 2.75. The summed E-state index contributed by atoms with van der Waals surface area (Å²) in [5, 5.41) is 12.3. The molecule has 0 fully saturated rings. The van der Waals surface area contributed by atoms with E-state index in [9.17, 15) is 9.90 Å². The lowest BCUT2D eigenvalue weighted by molar-refractivity contribution is -0.122. The van der Waals surface area contributed by atoms with Crippen molar-refractivity contribution in [2.45, 2.75) is 53.0 Å². The molecule has 0 heterocycles. The Morgan fingerprint density at radius 1 is 1.11 bits per heavy atom. The Labute approximate surface area is 116 Å². The molecule has 0 aliphatic rings. The van der Waals surface area contributed by atoms with Crippen LogP contribution in [-0.4, -0.2) is 16.6 Å². The number of hydrogen-bond donors (Lipinski definition) is 2. The molecule has 0 aliphatic carbocycles. The Morgan fingerprint density at radius 2 is 1.63 bits per heavy atom. The van der Waals surface area contributed by atoms with Gasteiger partial charge in [-0.25, -0.2) is 0 Å². The second-order valence-electron chi connectivity index (χ2n) is 7.01. The molecule has 0 saturated heterocycles. The van der Waals surface area contributed by atoms with Crippen molar-refractivity contribution in [3.63, 3.8) is 0 Å². The summed E-state index contributed by atoms with van der Waals surface area (Å²) in [6.45, 7) is 10.6. The van der Waals surface area contributed by atoms with E-state index in [1.165, 1.54) is 0 Å². The summed E-state index contributed by atoms with van der Waals surface area (Å²) in [7, 11) is 0. The summed E-state index contributed by atoms with van der Waals surface area (Å²) in [5.41, 5.74) is 0.864. The van der Waals surface area contributed by atoms with Gasteiger partial charge in [-0.3, -0.25) is 4.79 Å². The number of amides is 1. The number of phenolic OH excluding ortho intramolecular Hbond substituents is 1. The van der Waals surface area contributed by atoms with E-state index in [-0.39, 0.29) is 22.6 Å². The summed E-state index contributed by atoms with van der Waals surface area (Å²) in [6, 6.07) is 6.74. The Hall–Kier alpha value is -1.51. The lowest BCUT2D eigenvalue weighted by atomic mass is 9.81. The maximum absolute atomic E-state index is 12.0. The Bertz CT molecular complexity index is 427. The quantitative estimate of drug-likeness (QED) is 0.876. The van der Waals surface area contributed by atoms with E-state index in [0.29, 0.717) is 6.42 Å². The van der Waals surface area contributed by atoms with Gasteiger partial charge in [0.15, 0.2) is 0 Å². The van der Waals surface area contributed by atoms with Crippen LogP contribution >= 0.6 is 0 Å². The highest BCUT2D eigenvalue weighted by Gasteiger charge is 2.26. The zero-order chi connectivity index (χ0) is 14.7. The Kier molecular flexibility index (Phi) is 4.61. The first-order valence-electron chi connectivity index (χ1n) is 6.66. The monoisotopic (exact) mass is 263 g/mol. The van der Waals surface area contributed by atoms with Crippen LogP contribution in [0.1, 0.15) is 46.6 Å². The van der Waals surface area contributed by atoms with Gasteiger partial charge in [0.2, 0.25) is 5.91 Å². The molecular formula is C16H25NO2. The molecule has 0 aromatic heterocycles. The smallest absolute Gasteiger partial charge is 0.224 e. The first-order valence-corrected chi connectivity index (χ1v) is 6.66. The SMILES string of the molecule is CC(C)(C)CC(C)(C)NC(=O)Cc1ccc(O)cc1. The average Bonchev–Trinajstić information content (AvgIpc) is 2.16. The highest BCUT2D eigenvalue weighted by molar-refractivity contribution is 5.79. The molecule has 1 aromatic carbocycles. The van der Waals surface area contributed by atoms with Crippen LogP contribution < -0.4 is 5.32 Å². The third-order valence-electron chi connectivity index (χ3n) is 2.75. The Morgan fingerprint density at radius 3 is 2.11 bits per heavy atom. The zero-order valence-electron chi connectivity index (χ0n) is 12.6. The van der Waals surface area contributed by atoms with Crippen LogP contribution in [0.5, 0.6) is 5.75 Å². The topological polar surface area (TPSA) is 49.3 Å². The minimum atomic E-state index is -0.216. The largest absolute Gasteiger partial charge is 0.508 e. The maximum atomic E-state index is 12.0. The highest BCUT2D eigenvalue weighted by atomic mass is 16.3. The average molecular weight is 263 g/mol. The molecule has 3 heteroatoms. The second-order valence-corrected chi connectivity index (χ2v) is 7.01. The van der Waals surface area contributed by atoms with Crippen molar-refractivity contribution >= 4 is 5.91 Å². The van der Waals surface area contributed by atoms with Crippen LogP contribution in [0.15, 0.2) is 24.3 Å². The minimum Gasteiger partial charge on any atom is -0.508 e. The molecule has 106 valence electrons. The van der Waals surface area contributed by atoms with Gasteiger partial charge in [-0.2, -0.15) is 0 Å². The summed E-state index contributed by atoms with van der Waals surface area (Å²) >= 11 is 0. The van der Waals surface area contributed by atoms with Crippen molar-refractivity contribution in [1.82, 2.24) is 5.32 Å². The van der Waals surface area contributed by atoms with Gasteiger partial charge in [0.05, 0.1) is 6.42 Å². The van der Waals surface area contributed by atoms with Crippen LogP contribution in [0.25, 0.3) is 0 Å². The molecule has 1 aromatic rings. The molecule has 1 amide bonds. The normalized spacial score (nSPS) is 12.3. The fraction of sp³-hybridized carbons (Fsp3) is 0.562. The molecule has 1 rings (SSSR count). The maximum Gasteiger partial charge on any atom is 0.224 e. The summed E-state index contributed by atoms with van der Waals surface area (Å²) in [4.78, 5) is 12.0. The van der Waals surface area contributed by atoms with Gasteiger partial charge in [0.1, 0.15) is 5.75 Å². The number of carbonyl (C=O) groups excluding carboxylic acids is 1. The van der Waals surface area contributed by atoms with Crippen molar-refractivity contribution in [2.24, 2.45) is 5.41 Å². The van der Waals surface area contributed by atoms with E-state index in [1.807, 2.05) is 13.8 Å². The van der Waals surface area contributed by atoms with Crippen molar-refractivity contribution in [3.8, 4) is 5.75 Å². The van der Waals surface area contributed by atoms with E-state index >= 15 is 0 Å². The lowest BCUT2D eigenvalue weighted by Crippen LogP contribution is -2.46. The molecule has 3 nitrogen and oxygen atoms in total. The third kappa shape index (κ3) is 6.27. The number of carbonyl (C=O) groups is 1. The molecule has 0 spiro atoms. The number of hydrogen-bond acceptors (Lipinski definition) is 2. The van der Waals surface area contributed by atoms with Gasteiger partial charge in [0, 0.05) is 5.54 Å². The molecule has 0 bridgehead atoms. The van der Waals surface area contributed by atoms with Crippen LogP contribution in [0.2, 0.25) is 0 Å². The van der Waals surface area contributed by atoms with Crippen molar-refractivity contribution in [2.75, 3.05) is 0 Å². The molecule has 0 aliphatic heterocycles. The van der Waals surface area contributed by atoms with E-state index in [2.05, 4.69) is 26.1 Å². The van der Waals surface area contributed by atoms with E-state index in [4.69, 9.17) is 0 Å². The standard InChI is InChI=1S/C16H25NO2/c1-15(2,3)11-16(4,5)17-14(19)10-12-6-8-13(18)9-7-12/h6-9,18H,10-11H2,1-5H3,(H,17,19). The summed E-state index contributed by atoms with van der Waals surface area (Å²) < 4.78 is 0.